The highest BCUT2D eigenvalue weighted by atomic mass is 35.5. The normalized spacial score (nSPS) is 18.1. The summed E-state index contributed by atoms with van der Waals surface area (Å²) >= 11 is 7.31. The van der Waals surface area contributed by atoms with Crippen LogP contribution in [0, 0.1) is 0 Å². The Morgan fingerprint density at radius 2 is 2.22 bits per heavy atom. The van der Waals surface area contributed by atoms with Gasteiger partial charge in [0.1, 0.15) is 6.10 Å². The maximum Gasteiger partial charge on any atom is 0.223 e. The van der Waals surface area contributed by atoms with E-state index in [4.69, 9.17) is 22.1 Å². The van der Waals surface area contributed by atoms with Gasteiger partial charge >= 0.3 is 0 Å². The summed E-state index contributed by atoms with van der Waals surface area (Å²) in [5.74, 6) is 0.124. The zero-order valence-corrected chi connectivity index (χ0v) is 14.1. The van der Waals surface area contributed by atoms with Crippen LogP contribution in [0.2, 0.25) is 5.02 Å². The monoisotopic (exact) mass is 351 g/mol. The van der Waals surface area contributed by atoms with Crippen molar-refractivity contribution in [3.8, 4) is 0 Å². The lowest BCUT2D eigenvalue weighted by molar-refractivity contribution is -0.139. The molecule has 1 saturated heterocycles. The fourth-order valence-electron chi connectivity index (χ4n) is 2.59. The fourth-order valence-corrected chi connectivity index (χ4v) is 3.31. The highest BCUT2D eigenvalue weighted by molar-refractivity contribution is 7.13. The van der Waals surface area contributed by atoms with E-state index in [0.717, 1.165) is 11.3 Å². The quantitative estimate of drug-likeness (QED) is 0.919. The van der Waals surface area contributed by atoms with E-state index in [-0.39, 0.29) is 12.0 Å². The third-order valence-electron chi connectivity index (χ3n) is 3.83. The van der Waals surface area contributed by atoms with Gasteiger partial charge in [0, 0.05) is 23.4 Å². The van der Waals surface area contributed by atoms with Crippen molar-refractivity contribution >= 4 is 34.0 Å². The van der Waals surface area contributed by atoms with Crippen LogP contribution in [0.15, 0.2) is 29.6 Å². The minimum atomic E-state index is -0.0973. The molecule has 7 heteroatoms. The molecule has 0 bridgehead atoms. The number of carbonyl (C=O) groups is 1. The molecule has 1 atom stereocenters. The zero-order chi connectivity index (χ0) is 16.2. The second-order valence-corrected chi connectivity index (χ2v) is 6.75. The van der Waals surface area contributed by atoms with Crippen molar-refractivity contribution in [1.29, 1.82) is 0 Å². The molecule has 2 aromatic rings. The van der Waals surface area contributed by atoms with E-state index in [0.29, 0.717) is 42.7 Å². The summed E-state index contributed by atoms with van der Waals surface area (Å²) in [6, 6.07) is 7.57. The Morgan fingerprint density at radius 1 is 1.43 bits per heavy atom. The van der Waals surface area contributed by atoms with Gasteiger partial charge in [-0.05, 0) is 24.1 Å². The number of benzene rings is 1. The molecule has 122 valence electrons. The van der Waals surface area contributed by atoms with Crippen LogP contribution in [0.1, 0.15) is 23.8 Å². The van der Waals surface area contributed by atoms with Gasteiger partial charge in [-0.15, -0.1) is 11.3 Å². The average Bonchev–Trinajstić information content (AvgIpc) is 2.99. The van der Waals surface area contributed by atoms with E-state index < -0.39 is 0 Å². The van der Waals surface area contributed by atoms with Crippen LogP contribution >= 0.6 is 22.9 Å². The minimum Gasteiger partial charge on any atom is -0.375 e. The molecule has 1 aromatic carbocycles. The SMILES string of the molecule is Nc1nc(CCC(=O)N2CCO[C@H](c3ccc(Cl)cc3)C2)cs1. The maximum atomic E-state index is 12.4. The Balaban J connectivity index is 1.57. The van der Waals surface area contributed by atoms with Gasteiger partial charge in [-0.2, -0.15) is 0 Å². The first-order valence-electron chi connectivity index (χ1n) is 7.46. The maximum absolute atomic E-state index is 12.4. The third kappa shape index (κ3) is 4.22. The Labute approximate surface area is 144 Å². The summed E-state index contributed by atoms with van der Waals surface area (Å²) in [5, 5.41) is 3.14. The molecule has 0 saturated carbocycles. The number of thiazole rings is 1. The van der Waals surface area contributed by atoms with Gasteiger partial charge in [-0.1, -0.05) is 23.7 Å². The molecule has 2 heterocycles. The first kappa shape index (κ1) is 16.2. The minimum absolute atomic E-state index is 0.0973. The summed E-state index contributed by atoms with van der Waals surface area (Å²) in [4.78, 5) is 18.4. The number of ether oxygens (including phenoxy) is 1. The topological polar surface area (TPSA) is 68.5 Å². The first-order chi connectivity index (χ1) is 11.1. The van der Waals surface area contributed by atoms with Gasteiger partial charge in [0.15, 0.2) is 5.13 Å². The van der Waals surface area contributed by atoms with Crippen LogP contribution in [0.5, 0.6) is 0 Å². The van der Waals surface area contributed by atoms with Crippen LogP contribution in [0.25, 0.3) is 0 Å². The van der Waals surface area contributed by atoms with E-state index in [1.54, 1.807) is 0 Å². The number of nitrogens with two attached hydrogens (primary N) is 1. The number of morpholine rings is 1. The highest BCUT2D eigenvalue weighted by Crippen LogP contribution is 2.24. The Bertz CT molecular complexity index is 674. The summed E-state index contributed by atoms with van der Waals surface area (Å²) < 4.78 is 5.79. The van der Waals surface area contributed by atoms with E-state index in [1.807, 2.05) is 34.5 Å². The molecule has 1 amide bonds. The fraction of sp³-hybridized carbons (Fsp3) is 0.375. The summed E-state index contributed by atoms with van der Waals surface area (Å²) in [6.45, 7) is 1.74. The van der Waals surface area contributed by atoms with Crippen molar-refractivity contribution < 1.29 is 9.53 Å². The van der Waals surface area contributed by atoms with Crippen molar-refractivity contribution in [2.75, 3.05) is 25.4 Å². The number of halogens is 1. The number of aromatic nitrogens is 1. The van der Waals surface area contributed by atoms with Gasteiger partial charge in [-0.3, -0.25) is 4.79 Å². The molecular formula is C16H18ClN3O2S. The average molecular weight is 352 g/mol. The second kappa shape index (κ2) is 7.29. The number of nitrogen functional groups attached to an aromatic ring is 1. The van der Waals surface area contributed by atoms with Crippen LogP contribution in [0.4, 0.5) is 5.13 Å². The number of carbonyl (C=O) groups excluding carboxylic acids is 1. The van der Waals surface area contributed by atoms with Gasteiger partial charge < -0.3 is 15.4 Å². The molecule has 1 aromatic heterocycles. The highest BCUT2D eigenvalue weighted by Gasteiger charge is 2.25. The van der Waals surface area contributed by atoms with Gasteiger partial charge in [0.05, 0.1) is 18.8 Å². The Hall–Kier alpha value is -1.63. The lowest BCUT2D eigenvalue weighted by Gasteiger charge is -2.33. The number of nitrogens with zero attached hydrogens (tertiary/aromatic N) is 2. The standard InChI is InChI=1S/C16H18ClN3O2S/c17-12-3-1-11(2-4-12)14-9-20(7-8-22-14)15(21)6-5-13-10-23-16(18)19-13/h1-4,10,14H,5-9H2,(H2,18,19)/t14-/m0/s1. The van der Waals surface area contributed by atoms with E-state index in [1.165, 1.54) is 11.3 Å². The summed E-state index contributed by atoms with van der Waals surface area (Å²) in [6.07, 6.45) is 0.964. The van der Waals surface area contributed by atoms with Gasteiger partial charge in [-0.25, -0.2) is 4.98 Å². The molecule has 23 heavy (non-hydrogen) atoms. The second-order valence-electron chi connectivity index (χ2n) is 5.43. The van der Waals surface area contributed by atoms with E-state index in [2.05, 4.69) is 4.98 Å². The van der Waals surface area contributed by atoms with Gasteiger partial charge in [0.2, 0.25) is 5.91 Å². The lowest BCUT2D eigenvalue weighted by atomic mass is 10.1. The molecule has 0 radical (unpaired) electrons. The largest absolute Gasteiger partial charge is 0.375 e. The van der Waals surface area contributed by atoms with Crippen molar-refractivity contribution in [2.24, 2.45) is 0 Å². The molecule has 1 aliphatic rings. The van der Waals surface area contributed by atoms with Crippen molar-refractivity contribution in [3.63, 3.8) is 0 Å². The number of hydrogen-bond donors (Lipinski definition) is 1. The molecule has 2 N–H and O–H groups in total. The molecular weight excluding hydrogens is 334 g/mol. The van der Waals surface area contributed by atoms with Crippen molar-refractivity contribution in [1.82, 2.24) is 9.88 Å². The van der Waals surface area contributed by atoms with E-state index >= 15 is 0 Å². The number of rotatable bonds is 4. The predicted octanol–water partition coefficient (Wildman–Crippen LogP) is 2.91. The first-order valence-corrected chi connectivity index (χ1v) is 8.72. The number of anilines is 1. The van der Waals surface area contributed by atoms with Crippen LogP contribution in [0.3, 0.4) is 0 Å². The van der Waals surface area contributed by atoms with Crippen LogP contribution < -0.4 is 5.73 Å². The zero-order valence-electron chi connectivity index (χ0n) is 12.6. The lowest BCUT2D eigenvalue weighted by Crippen LogP contribution is -2.42. The van der Waals surface area contributed by atoms with Crippen molar-refractivity contribution in [3.05, 3.63) is 45.9 Å². The summed E-state index contributed by atoms with van der Waals surface area (Å²) in [5.41, 5.74) is 7.53. The van der Waals surface area contributed by atoms with E-state index in [9.17, 15) is 4.79 Å². The van der Waals surface area contributed by atoms with Crippen molar-refractivity contribution in [2.45, 2.75) is 18.9 Å². The Morgan fingerprint density at radius 3 is 2.91 bits per heavy atom. The van der Waals surface area contributed by atoms with Crippen LogP contribution in [-0.4, -0.2) is 35.5 Å². The molecule has 1 aliphatic heterocycles. The predicted molar refractivity (Wildman–Crippen MR) is 91.6 cm³/mol. The van der Waals surface area contributed by atoms with Gasteiger partial charge in [0.25, 0.3) is 0 Å². The molecule has 0 unspecified atom stereocenters. The molecule has 0 aliphatic carbocycles. The Kier molecular flexibility index (Phi) is 5.15. The van der Waals surface area contributed by atoms with Crippen LogP contribution in [-0.2, 0) is 16.0 Å². The number of aryl methyl sites for hydroxylation is 1. The molecule has 5 nitrogen and oxygen atoms in total. The summed E-state index contributed by atoms with van der Waals surface area (Å²) in [7, 11) is 0. The number of amides is 1. The smallest absolute Gasteiger partial charge is 0.223 e. The third-order valence-corrected chi connectivity index (χ3v) is 4.80. The molecule has 3 rings (SSSR count). The molecule has 1 fully saturated rings. The number of hydrogen-bond acceptors (Lipinski definition) is 5. The molecule has 0 spiro atoms.